The molecule has 0 amide bonds. The maximum Gasteiger partial charge on any atom is 0.0621 e. The van der Waals surface area contributed by atoms with Gasteiger partial charge < -0.3 is 5.11 Å². The van der Waals surface area contributed by atoms with E-state index in [1.165, 1.54) is 0 Å². The van der Waals surface area contributed by atoms with E-state index in [2.05, 4.69) is 23.7 Å². The predicted octanol–water partition coefficient (Wildman–Crippen LogP) is 1.59. The minimum atomic E-state index is 0.0147. The molecule has 0 radical (unpaired) electrons. The summed E-state index contributed by atoms with van der Waals surface area (Å²) in [6.07, 6.45) is 3.15. The van der Waals surface area contributed by atoms with E-state index in [0.29, 0.717) is 0 Å². The molecule has 1 aromatic rings. The van der Waals surface area contributed by atoms with Gasteiger partial charge in [0, 0.05) is 5.56 Å². The van der Waals surface area contributed by atoms with Crippen LogP contribution in [-0.2, 0) is 0 Å². The van der Waals surface area contributed by atoms with Crippen molar-refractivity contribution in [2.75, 3.05) is 6.61 Å². The van der Waals surface area contributed by atoms with Gasteiger partial charge in [0.05, 0.1) is 6.61 Å². The lowest BCUT2D eigenvalue weighted by molar-refractivity contribution is 0.343. The molecule has 1 N–H and O–H groups in total. The molecule has 0 bridgehead atoms. The van der Waals surface area contributed by atoms with Gasteiger partial charge >= 0.3 is 0 Å². The van der Waals surface area contributed by atoms with Crippen LogP contribution < -0.4 is 0 Å². The van der Waals surface area contributed by atoms with E-state index in [9.17, 15) is 0 Å². The summed E-state index contributed by atoms with van der Waals surface area (Å²) in [4.78, 5) is 0. The molecule has 0 aliphatic heterocycles. The topological polar surface area (TPSA) is 20.2 Å². The van der Waals surface area contributed by atoms with Gasteiger partial charge in [0.15, 0.2) is 0 Å². The normalized spacial score (nSPS) is 8.64. The Bertz CT molecular complexity index is 407. The highest BCUT2D eigenvalue weighted by atomic mass is 16.2. The third kappa shape index (κ3) is 4.16. The van der Waals surface area contributed by atoms with Crippen LogP contribution in [0.4, 0.5) is 0 Å². The SMILES string of the molecule is OCC=CC#CC#Cc1ccccc1. The average molecular weight is 182 g/mol. The van der Waals surface area contributed by atoms with Gasteiger partial charge in [0.1, 0.15) is 0 Å². The second kappa shape index (κ2) is 6.54. The fraction of sp³-hybridized carbons (Fsp3) is 0.0769. The van der Waals surface area contributed by atoms with Crippen molar-refractivity contribution in [3.63, 3.8) is 0 Å². The van der Waals surface area contributed by atoms with Gasteiger partial charge in [-0.25, -0.2) is 0 Å². The molecule has 0 aliphatic carbocycles. The van der Waals surface area contributed by atoms with Crippen molar-refractivity contribution in [2.24, 2.45) is 0 Å². The molecule has 1 aromatic carbocycles. The van der Waals surface area contributed by atoms with Crippen LogP contribution >= 0.6 is 0 Å². The zero-order valence-corrected chi connectivity index (χ0v) is 7.70. The first kappa shape index (κ1) is 10.1. The Morgan fingerprint density at radius 3 is 2.64 bits per heavy atom. The molecule has 1 heteroatoms. The molecule has 0 heterocycles. The molecular weight excluding hydrogens is 172 g/mol. The Kier molecular flexibility index (Phi) is 4.73. The van der Waals surface area contributed by atoms with E-state index in [1.807, 2.05) is 30.3 Å². The summed E-state index contributed by atoms with van der Waals surface area (Å²) in [6, 6.07) is 9.67. The molecule has 0 saturated carbocycles. The fourth-order valence-corrected chi connectivity index (χ4v) is 0.814. The van der Waals surface area contributed by atoms with Crippen molar-refractivity contribution < 1.29 is 5.11 Å². The van der Waals surface area contributed by atoms with Crippen molar-refractivity contribution in [1.82, 2.24) is 0 Å². The molecule has 68 valence electrons. The van der Waals surface area contributed by atoms with Crippen molar-refractivity contribution >= 4 is 0 Å². The maximum atomic E-state index is 8.41. The van der Waals surface area contributed by atoms with E-state index in [-0.39, 0.29) is 6.61 Å². The lowest BCUT2D eigenvalue weighted by Crippen LogP contribution is -1.69. The quantitative estimate of drug-likeness (QED) is 0.654. The zero-order chi connectivity index (χ0) is 10.1. The smallest absolute Gasteiger partial charge is 0.0621 e. The van der Waals surface area contributed by atoms with Crippen LogP contribution in [0.5, 0.6) is 0 Å². The van der Waals surface area contributed by atoms with Crippen molar-refractivity contribution in [2.45, 2.75) is 0 Å². The first-order valence-corrected chi connectivity index (χ1v) is 4.26. The van der Waals surface area contributed by atoms with Gasteiger partial charge in [0.2, 0.25) is 0 Å². The standard InChI is InChI=1S/C13H10O/c14-12-8-3-1-2-5-9-13-10-6-4-7-11-13/h3-4,6-8,10-11,14H,12H2. The largest absolute Gasteiger partial charge is 0.392 e. The third-order valence-corrected chi connectivity index (χ3v) is 1.42. The van der Waals surface area contributed by atoms with Crippen LogP contribution in [-0.4, -0.2) is 11.7 Å². The summed E-state index contributed by atoms with van der Waals surface area (Å²) in [5.74, 6) is 11.0. The maximum absolute atomic E-state index is 8.41. The van der Waals surface area contributed by atoms with Gasteiger partial charge in [-0.05, 0) is 30.0 Å². The minimum Gasteiger partial charge on any atom is -0.392 e. The Morgan fingerprint density at radius 1 is 1.14 bits per heavy atom. The Hall–Kier alpha value is -1.96. The number of aliphatic hydroxyl groups excluding tert-OH is 1. The summed E-state index contributed by atoms with van der Waals surface area (Å²) in [5.41, 5.74) is 0.952. The molecule has 0 aromatic heterocycles. The van der Waals surface area contributed by atoms with Crippen molar-refractivity contribution in [1.29, 1.82) is 0 Å². The summed E-state index contributed by atoms with van der Waals surface area (Å²) in [7, 11) is 0. The molecule has 1 nitrogen and oxygen atoms in total. The van der Waals surface area contributed by atoms with Crippen LogP contribution in [0.15, 0.2) is 42.5 Å². The van der Waals surface area contributed by atoms with E-state index in [1.54, 1.807) is 12.2 Å². The molecular formula is C13H10O. The summed E-state index contributed by atoms with van der Waals surface area (Å²) in [5, 5.41) is 8.41. The van der Waals surface area contributed by atoms with Crippen LogP contribution in [0.3, 0.4) is 0 Å². The van der Waals surface area contributed by atoms with Gasteiger partial charge in [-0.15, -0.1) is 0 Å². The molecule has 14 heavy (non-hydrogen) atoms. The van der Waals surface area contributed by atoms with Crippen molar-refractivity contribution in [3.8, 4) is 23.7 Å². The molecule has 0 saturated heterocycles. The summed E-state index contributed by atoms with van der Waals surface area (Å²) >= 11 is 0. The lowest BCUT2D eigenvalue weighted by Gasteiger charge is -1.83. The first-order chi connectivity index (χ1) is 6.93. The minimum absolute atomic E-state index is 0.0147. The van der Waals surface area contributed by atoms with Gasteiger partial charge in [-0.1, -0.05) is 36.1 Å². The van der Waals surface area contributed by atoms with Gasteiger partial charge in [-0.2, -0.15) is 0 Å². The van der Waals surface area contributed by atoms with Gasteiger partial charge in [-0.3, -0.25) is 0 Å². The average Bonchev–Trinajstić information content (AvgIpc) is 2.25. The number of rotatable bonds is 1. The van der Waals surface area contributed by atoms with Crippen LogP contribution in [0.25, 0.3) is 0 Å². The molecule has 0 fully saturated rings. The van der Waals surface area contributed by atoms with Crippen LogP contribution in [0.1, 0.15) is 5.56 Å². The Balaban J connectivity index is 2.56. The van der Waals surface area contributed by atoms with Crippen molar-refractivity contribution in [3.05, 3.63) is 48.0 Å². The molecule has 1 rings (SSSR count). The third-order valence-electron chi connectivity index (χ3n) is 1.42. The van der Waals surface area contributed by atoms with E-state index < -0.39 is 0 Å². The van der Waals surface area contributed by atoms with Crippen LogP contribution in [0.2, 0.25) is 0 Å². The molecule has 0 unspecified atom stereocenters. The second-order valence-corrected chi connectivity index (χ2v) is 2.47. The summed E-state index contributed by atoms with van der Waals surface area (Å²) in [6.45, 7) is 0.0147. The highest BCUT2D eigenvalue weighted by Gasteiger charge is 1.78. The molecule has 0 spiro atoms. The van der Waals surface area contributed by atoms with E-state index >= 15 is 0 Å². The van der Waals surface area contributed by atoms with Crippen LogP contribution in [0, 0.1) is 23.7 Å². The number of aliphatic hydroxyl groups is 1. The Morgan fingerprint density at radius 2 is 1.93 bits per heavy atom. The Labute approximate surface area is 84.1 Å². The highest BCUT2D eigenvalue weighted by molar-refractivity contribution is 5.40. The molecule has 0 aliphatic rings. The predicted molar refractivity (Wildman–Crippen MR) is 57.3 cm³/mol. The number of hydrogen-bond donors (Lipinski definition) is 1. The first-order valence-electron chi connectivity index (χ1n) is 4.26. The van der Waals surface area contributed by atoms with E-state index in [4.69, 9.17) is 5.11 Å². The number of allylic oxidation sites excluding steroid dienone is 1. The highest BCUT2D eigenvalue weighted by Crippen LogP contribution is 1.93. The lowest BCUT2D eigenvalue weighted by atomic mass is 10.2. The fourth-order valence-electron chi connectivity index (χ4n) is 0.814. The van der Waals surface area contributed by atoms with E-state index in [0.717, 1.165) is 5.56 Å². The monoisotopic (exact) mass is 182 g/mol. The number of hydrogen-bond acceptors (Lipinski definition) is 1. The molecule has 0 atom stereocenters. The second-order valence-electron chi connectivity index (χ2n) is 2.47. The summed E-state index contributed by atoms with van der Waals surface area (Å²) < 4.78 is 0. The number of benzene rings is 1. The van der Waals surface area contributed by atoms with Gasteiger partial charge in [0.25, 0.3) is 0 Å². The zero-order valence-electron chi connectivity index (χ0n) is 7.70.